The van der Waals surface area contributed by atoms with E-state index < -0.39 is 6.04 Å². The van der Waals surface area contributed by atoms with E-state index in [4.69, 9.17) is 23.2 Å². The fourth-order valence-electron chi connectivity index (χ4n) is 3.32. The molecule has 1 fully saturated rings. The van der Waals surface area contributed by atoms with Crippen molar-refractivity contribution < 1.29 is 9.59 Å². The summed E-state index contributed by atoms with van der Waals surface area (Å²) in [6.45, 7) is 0. The predicted octanol–water partition coefficient (Wildman–Crippen LogP) is 5.44. The van der Waals surface area contributed by atoms with Crippen LogP contribution in [0.2, 0.25) is 10.0 Å². The monoisotopic (exact) mass is 395 g/mol. The topological polar surface area (TPSA) is 37.1 Å². The van der Waals surface area contributed by atoms with Crippen LogP contribution in [0.3, 0.4) is 0 Å². The third kappa shape index (κ3) is 3.36. The molecule has 0 N–H and O–H groups in total. The van der Waals surface area contributed by atoms with Gasteiger partial charge in [0.15, 0.2) is 5.78 Å². The van der Waals surface area contributed by atoms with Gasteiger partial charge in [-0.1, -0.05) is 83.9 Å². The third-order valence-corrected chi connectivity index (χ3v) is 5.22. The Bertz CT molecular complexity index is 1010. The van der Waals surface area contributed by atoms with Gasteiger partial charge in [0, 0.05) is 10.6 Å². The summed E-state index contributed by atoms with van der Waals surface area (Å²) in [6, 6.07) is 22.5. The molecule has 1 aliphatic rings. The molecule has 0 saturated carbocycles. The molecule has 2 atom stereocenters. The second kappa shape index (κ2) is 7.18. The maximum Gasteiger partial charge on any atom is 0.256 e. The predicted molar refractivity (Wildman–Crippen MR) is 106 cm³/mol. The number of hydrogen-bond acceptors (Lipinski definition) is 2. The molecule has 0 unspecified atom stereocenters. The largest absolute Gasteiger partial charge is 0.316 e. The normalized spacial score (nSPS) is 18.2. The highest BCUT2D eigenvalue weighted by Crippen LogP contribution is 2.46. The molecule has 0 aliphatic carbocycles. The van der Waals surface area contributed by atoms with Gasteiger partial charge in [0.25, 0.3) is 5.91 Å². The van der Waals surface area contributed by atoms with Crippen LogP contribution in [-0.4, -0.2) is 22.6 Å². The number of hydrogen-bond donors (Lipinski definition) is 0. The van der Waals surface area contributed by atoms with Crippen LogP contribution in [0, 0.1) is 0 Å². The molecule has 1 saturated heterocycles. The van der Waals surface area contributed by atoms with Crippen molar-refractivity contribution in [3.63, 3.8) is 0 Å². The highest BCUT2D eigenvalue weighted by molar-refractivity contribution is 6.36. The Labute approximate surface area is 167 Å². The minimum atomic E-state index is -0.547. The molecular weight excluding hydrogens is 381 g/mol. The first kappa shape index (κ1) is 17.8. The van der Waals surface area contributed by atoms with Gasteiger partial charge in [-0.25, -0.2) is 0 Å². The van der Waals surface area contributed by atoms with Crippen molar-refractivity contribution in [2.75, 3.05) is 0 Å². The molecule has 1 amide bonds. The third-order valence-electron chi connectivity index (χ3n) is 4.67. The highest BCUT2D eigenvalue weighted by Gasteiger charge is 2.56. The first-order chi connectivity index (χ1) is 13.1. The molecular formula is C22H15Cl2NO2. The zero-order valence-corrected chi connectivity index (χ0v) is 15.7. The second-order valence-corrected chi connectivity index (χ2v) is 7.21. The summed E-state index contributed by atoms with van der Waals surface area (Å²) in [5.41, 5.74) is 1.84. The lowest BCUT2D eigenvalue weighted by atomic mass is 10.0. The van der Waals surface area contributed by atoms with Crippen LogP contribution in [-0.2, 0) is 0 Å². The van der Waals surface area contributed by atoms with Crippen molar-refractivity contribution >= 4 is 34.9 Å². The van der Waals surface area contributed by atoms with Gasteiger partial charge in [0.2, 0.25) is 0 Å². The van der Waals surface area contributed by atoms with E-state index in [0.717, 1.165) is 5.56 Å². The van der Waals surface area contributed by atoms with Gasteiger partial charge >= 0.3 is 0 Å². The SMILES string of the molecule is O=C(c1ccccc1)[C@@H]1[C@H](c2ccccc2)N1C(=O)c1ccc(Cl)cc1Cl. The lowest BCUT2D eigenvalue weighted by molar-refractivity contribution is 0.0833. The molecule has 0 spiro atoms. The molecule has 0 radical (unpaired) electrons. The van der Waals surface area contributed by atoms with Crippen LogP contribution in [0.5, 0.6) is 0 Å². The summed E-state index contributed by atoms with van der Waals surface area (Å²) in [7, 11) is 0. The van der Waals surface area contributed by atoms with Crippen molar-refractivity contribution in [3.05, 3.63) is 106 Å². The molecule has 5 heteroatoms. The standard InChI is InChI=1S/C22H15Cl2NO2/c23-16-11-12-17(18(24)13-16)22(27)25-19(14-7-3-1-4-8-14)20(25)21(26)15-9-5-2-6-10-15/h1-13,19-20H/t19-,20-,25?/m0/s1. The molecule has 3 nitrogen and oxygen atoms in total. The van der Waals surface area contributed by atoms with Gasteiger partial charge in [-0.2, -0.15) is 0 Å². The fourth-order valence-corrected chi connectivity index (χ4v) is 3.81. The lowest BCUT2D eigenvalue weighted by Crippen LogP contribution is -2.19. The van der Waals surface area contributed by atoms with Crippen LogP contribution < -0.4 is 0 Å². The van der Waals surface area contributed by atoms with E-state index in [1.165, 1.54) is 6.07 Å². The van der Waals surface area contributed by atoms with Gasteiger partial charge in [0.05, 0.1) is 16.6 Å². The zero-order chi connectivity index (χ0) is 19.0. The van der Waals surface area contributed by atoms with Crippen LogP contribution in [0.15, 0.2) is 78.9 Å². The van der Waals surface area contributed by atoms with Gasteiger partial charge in [-0.15, -0.1) is 0 Å². The summed E-state index contributed by atoms with van der Waals surface area (Å²) >= 11 is 12.2. The van der Waals surface area contributed by atoms with Crippen LogP contribution in [0.4, 0.5) is 0 Å². The summed E-state index contributed by atoms with van der Waals surface area (Å²) in [5.74, 6) is -0.359. The average molecular weight is 396 g/mol. The molecule has 3 aromatic rings. The lowest BCUT2D eigenvalue weighted by Gasteiger charge is -2.07. The zero-order valence-electron chi connectivity index (χ0n) is 14.2. The molecule has 0 aromatic heterocycles. The summed E-state index contributed by atoms with van der Waals surface area (Å²) in [6.07, 6.45) is 0. The number of nitrogens with zero attached hydrogens (tertiary/aromatic N) is 1. The van der Waals surface area contributed by atoms with Crippen LogP contribution >= 0.6 is 23.2 Å². The average Bonchev–Trinajstić information content (AvgIpc) is 3.44. The van der Waals surface area contributed by atoms with Gasteiger partial charge in [-0.05, 0) is 23.8 Å². The van der Waals surface area contributed by atoms with Crippen molar-refractivity contribution in [2.45, 2.75) is 12.1 Å². The minimum Gasteiger partial charge on any atom is -0.316 e. The highest BCUT2D eigenvalue weighted by atomic mass is 35.5. The number of ketones is 1. The number of carbonyl (C=O) groups is 2. The summed E-state index contributed by atoms with van der Waals surface area (Å²) in [5, 5.41) is 0.732. The van der Waals surface area contributed by atoms with E-state index in [0.29, 0.717) is 16.1 Å². The van der Waals surface area contributed by atoms with E-state index in [9.17, 15) is 9.59 Å². The van der Waals surface area contributed by atoms with Gasteiger partial charge in [0.1, 0.15) is 6.04 Å². The first-order valence-corrected chi connectivity index (χ1v) is 9.25. The Kier molecular flexibility index (Phi) is 4.73. The van der Waals surface area contributed by atoms with Gasteiger partial charge < -0.3 is 4.90 Å². The molecule has 1 aliphatic heterocycles. The van der Waals surface area contributed by atoms with E-state index in [1.807, 2.05) is 48.5 Å². The molecule has 3 aromatic carbocycles. The van der Waals surface area contributed by atoms with Crippen molar-refractivity contribution in [1.29, 1.82) is 0 Å². The second-order valence-electron chi connectivity index (χ2n) is 6.37. The van der Waals surface area contributed by atoms with Crippen molar-refractivity contribution in [3.8, 4) is 0 Å². The number of amides is 1. The Balaban J connectivity index is 1.70. The minimum absolute atomic E-state index is 0.0807. The summed E-state index contributed by atoms with van der Waals surface area (Å²) in [4.78, 5) is 27.7. The van der Waals surface area contributed by atoms with Crippen molar-refractivity contribution in [1.82, 2.24) is 4.90 Å². The van der Waals surface area contributed by atoms with Gasteiger partial charge in [-0.3, -0.25) is 9.59 Å². The number of rotatable bonds is 4. The maximum absolute atomic E-state index is 13.1. The Morgan fingerprint density at radius 1 is 0.815 bits per heavy atom. The van der Waals surface area contributed by atoms with E-state index >= 15 is 0 Å². The molecule has 4 rings (SSSR count). The molecule has 0 bridgehead atoms. The molecule has 1 heterocycles. The maximum atomic E-state index is 13.1. The first-order valence-electron chi connectivity index (χ1n) is 8.50. The Morgan fingerprint density at radius 3 is 2.07 bits per heavy atom. The number of carbonyl (C=O) groups excluding carboxylic acids is 2. The van der Waals surface area contributed by atoms with E-state index in [1.54, 1.807) is 29.2 Å². The van der Waals surface area contributed by atoms with E-state index in [2.05, 4.69) is 0 Å². The van der Waals surface area contributed by atoms with Crippen molar-refractivity contribution in [2.24, 2.45) is 0 Å². The quantitative estimate of drug-likeness (QED) is 0.435. The fraction of sp³-hybridized carbons (Fsp3) is 0.0909. The molecule has 134 valence electrons. The number of benzene rings is 3. The summed E-state index contributed by atoms with van der Waals surface area (Å²) < 4.78 is 0. The molecule has 27 heavy (non-hydrogen) atoms. The van der Waals surface area contributed by atoms with Crippen LogP contribution in [0.1, 0.15) is 32.3 Å². The number of halogens is 2. The van der Waals surface area contributed by atoms with E-state index in [-0.39, 0.29) is 22.8 Å². The number of Topliss-reactive ketones (excluding diaryl/α,β-unsaturated/α-hetero) is 1. The van der Waals surface area contributed by atoms with Crippen LogP contribution in [0.25, 0.3) is 0 Å². The smallest absolute Gasteiger partial charge is 0.256 e. The Morgan fingerprint density at radius 2 is 1.44 bits per heavy atom. The Hall–Kier alpha value is -2.62.